The van der Waals surface area contributed by atoms with Crippen molar-refractivity contribution < 1.29 is 14.3 Å². The molecule has 0 saturated heterocycles. The zero-order valence-electron chi connectivity index (χ0n) is 15.3. The van der Waals surface area contributed by atoms with E-state index < -0.39 is 0 Å². The third kappa shape index (κ3) is 5.77. The summed E-state index contributed by atoms with van der Waals surface area (Å²) in [5, 5.41) is 2.95. The van der Waals surface area contributed by atoms with Gasteiger partial charge >= 0.3 is 0 Å². The number of amides is 1. The monoisotopic (exact) mass is 406 g/mol. The van der Waals surface area contributed by atoms with Crippen LogP contribution in [-0.2, 0) is 20.8 Å². The van der Waals surface area contributed by atoms with Crippen molar-refractivity contribution in [3.63, 3.8) is 0 Å². The maximum atomic E-state index is 12.2. The van der Waals surface area contributed by atoms with E-state index in [1.54, 1.807) is 36.4 Å². The number of aromatic nitrogens is 3. The Labute approximate surface area is 166 Å². The van der Waals surface area contributed by atoms with Crippen LogP contribution >= 0.6 is 23.1 Å². The molecule has 0 unspecified atom stereocenters. The van der Waals surface area contributed by atoms with Crippen molar-refractivity contribution in [3.8, 4) is 0 Å². The normalized spacial score (nSPS) is 11.2. The third-order valence-corrected chi connectivity index (χ3v) is 5.89. The van der Waals surface area contributed by atoms with Gasteiger partial charge in [0.05, 0.1) is 29.4 Å². The number of imidazole rings is 1. The average molecular weight is 407 g/mol. The number of rotatable bonds is 10. The summed E-state index contributed by atoms with van der Waals surface area (Å²) in [5.41, 5.74) is 1.71. The molecule has 27 heavy (non-hydrogen) atoms. The predicted octanol–water partition coefficient (Wildman–Crippen LogP) is 3.54. The van der Waals surface area contributed by atoms with Crippen molar-refractivity contribution in [2.45, 2.75) is 24.2 Å². The van der Waals surface area contributed by atoms with E-state index in [1.165, 1.54) is 0 Å². The second-order valence-electron chi connectivity index (χ2n) is 5.79. The molecule has 0 fully saturated rings. The van der Waals surface area contributed by atoms with Gasteiger partial charge in [-0.25, -0.2) is 9.97 Å². The van der Waals surface area contributed by atoms with Gasteiger partial charge in [0.1, 0.15) is 5.82 Å². The van der Waals surface area contributed by atoms with E-state index in [4.69, 9.17) is 9.47 Å². The Balaban J connectivity index is 1.52. The summed E-state index contributed by atoms with van der Waals surface area (Å²) >= 11 is 3.15. The molecule has 0 radical (unpaired) electrons. The number of hydrogen-bond acceptors (Lipinski definition) is 7. The standard InChI is InChI=1S/C18H22N4O3S2/c1-13-19-6-8-22(13)7-5-17(23)20-14-3-4-15-16(11-14)27-18(21-15)26-12-25-10-9-24-2/h3-4,6,8,11H,5,7,9-10,12H2,1-2H3,(H,20,23). The molecule has 1 aromatic carbocycles. The number of nitrogens with zero attached hydrogens (tertiary/aromatic N) is 3. The summed E-state index contributed by atoms with van der Waals surface area (Å²) in [7, 11) is 1.65. The van der Waals surface area contributed by atoms with Crippen LogP contribution in [0.3, 0.4) is 0 Å². The Morgan fingerprint density at radius 3 is 3.04 bits per heavy atom. The van der Waals surface area contributed by atoms with Crippen LogP contribution in [0.4, 0.5) is 5.69 Å². The lowest BCUT2D eigenvalue weighted by atomic mass is 10.3. The minimum atomic E-state index is -0.0203. The second-order valence-corrected chi connectivity index (χ2v) is 7.99. The number of ether oxygens (including phenoxy) is 2. The number of fused-ring (bicyclic) bond motifs is 1. The minimum Gasteiger partial charge on any atom is -0.382 e. The van der Waals surface area contributed by atoms with Crippen LogP contribution in [0, 0.1) is 6.92 Å². The first-order valence-electron chi connectivity index (χ1n) is 8.53. The van der Waals surface area contributed by atoms with E-state index in [0.29, 0.717) is 32.1 Å². The Kier molecular flexibility index (Phi) is 7.22. The summed E-state index contributed by atoms with van der Waals surface area (Å²) in [6.45, 7) is 3.70. The van der Waals surface area contributed by atoms with E-state index in [0.717, 1.165) is 26.1 Å². The molecule has 0 aliphatic heterocycles. The van der Waals surface area contributed by atoms with Crippen molar-refractivity contribution >= 4 is 44.9 Å². The zero-order chi connectivity index (χ0) is 19.1. The number of carbonyl (C=O) groups excluding carboxylic acids is 1. The predicted molar refractivity (Wildman–Crippen MR) is 108 cm³/mol. The third-order valence-electron chi connectivity index (χ3n) is 3.85. The number of carbonyl (C=O) groups is 1. The van der Waals surface area contributed by atoms with Crippen molar-refractivity contribution in [3.05, 3.63) is 36.4 Å². The van der Waals surface area contributed by atoms with Gasteiger partial charge in [-0.1, -0.05) is 11.8 Å². The molecule has 9 heteroatoms. The molecule has 3 rings (SSSR count). The molecule has 7 nitrogen and oxygen atoms in total. The molecular weight excluding hydrogens is 384 g/mol. The van der Waals surface area contributed by atoms with Gasteiger partial charge in [0.2, 0.25) is 5.91 Å². The fourth-order valence-electron chi connectivity index (χ4n) is 2.42. The Morgan fingerprint density at radius 2 is 2.26 bits per heavy atom. The number of thioether (sulfide) groups is 1. The van der Waals surface area contributed by atoms with Crippen LogP contribution in [0.2, 0.25) is 0 Å². The molecule has 144 valence electrons. The van der Waals surface area contributed by atoms with Crippen molar-refractivity contribution in [1.29, 1.82) is 0 Å². The summed E-state index contributed by atoms with van der Waals surface area (Å²) < 4.78 is 14.4. The second kappa shape index (κ2) is 9.84. The Bertz CT molecular complexity index is 894. The van der Waals surface area contributed by atoms with E-state index >= 15 is 0 Å². The number of anilines is 1. The van der Waals surface area contributed by atoms with Crippen LogP contribution in [0.1, 0.15) is 12.2 Å². The van der Waals surface area contributed by atoms with Gasteiger partial charge in [0, 0.05) is 38.2 Å². The van der Waals surface area contributed by atoms with Gasteiger partial charge in [0.25, 0.3) is 0 Å². The molecule has 2 heterocycles. The summed E-state index contributed by atoms with van der Waals surface area (Å²) in [6.07, 6.45) is 4.02. The van der Waals surface area contributed by atoms with Gasteiger partial charge in [-0.3, -0.25) is 4.79 Å². The highest BCUT2D eigenvalue weighted by Gasteiger charge is 2.08. The largest absolute Gasteiger partial charge is 0.382 e. The SMILES string of the molecule is COCCOCSc1nc2ccc(NC(=O)CCn3ccnc3C)cc2s1. The average Bonchev–Trinajstić information content (AvgIpc) is 3.25. The van der Waals surface area contributed by atoms with Crippen molar-refractivity contribution in [2.75, 3.05) is 31.6 Å². The van der Waals surface area contributed by atoms with Crippen LogP contribution in [0.5, 0.6) is 0 Å². The van der Waals surface area contributed by atoms with Crippen LogP contribution in [0.25, 0.3) is 10.2 Å². The highest BCUT2D eigenvalue weighted by molar-refractivity contribution is 8.01. The lowest BCUT2D eigenvalue weighted by Crippen LogP contribution is -2.14. The molecule has 0 spiro atoms. The quantitative estimate of drug-likeness (QED) is 0.315. The molecular formula is C18H22N4O3S2. The topological polar surface area (TPSA) is 78.3 Å². The first kappa shape index (κ1) is 19.8. The number of nitrogens with one attached hydrogen (secondary N) is 1. The highest BCUT2D eigenvalue weighted by Crippen LogP contribution is 2.31. The van der Waals surface area contributed by atoms with Crippen LogP contribution in [-0.4, -0.2) is 46.7 Å². The fraction of sp³-hybridized carbons (Fsp3) is 0.389. The van der Waals surface area contributed by atoms with Gasteiger partial charge < -0.3 is 19.4 Å². The van der Waals surface area contributed by atoms with Gasteiger partial charge in [-0.15, -0.1) is 11.3 Å². The molecule has 0 atom stereocenters. The van der Waals surface area contributed by atoms with Gasteiger partial charge in [0.15, 0.2) is 4.34 Å². The minimum absolute atomic E-state index is 0.0203. The lowest BCUT2D eigenvalue weighted by Gasteiger charge is -2.07. The number of methoxy groups -OCH3 is 1. The molecule has 0 bridgehead atoms. The van der Waals surface area contributed by atoms with Crippen molar-refractivity contribution in [2.24, 2.45) is 0 Å². The maximum Gasteiger partial charge on any atom is 0.226 e. The zero-order valence-corrected chi connectivity index (χ0v) is 16.9. The maximum absolute atomic E-state index is 12.2. The number of thiazole rings is 1. The summed E-state index contributed by atoms with van der Waals surface area (Å²) in [5.74, 6) is 1.43. The molecule has 2 aromatic heterocycles. The Morgan fingerprint density at radius 1 is 1.37 bits per heavy atom. The summed E-state index contributed by atoms with van der Waals surface area (Å²) in [6, 6.07) is 5.77. The fourth-order valence-corrected chi connectivity index (χ4v) is 4.27. The van der Waals surface area contributed by atoms with Crippen molar-refractivity contribution in [1.82, 2.24) is 14.5 Å². The first-order valence-corrected chi connectivity index (χ1v) is 10.3. The molecule has 0 aliphatic carbocycles. The molecule has 1 N–H and O–H groups in total. The van der Waals surface area contributed by atoms with E-state index in [9.17, 15) is 4.79 Å². The molecule has 1 amide bonds. The molecule has 3 aromatic rings. The van der Waals surface area contributed by atoms with E-state index in [-0.39, 0.29) is 5.91 Å². The van der Waals surface area contributed by atoms with Crippen LogP contribution < -0.4 is 5.32 Å². The molecule has 0 aliphatic rings. The smallest absolute Gasteiger partial charge is 0.226 e. The summed E-state index contributed by atoms with van der Waals surface area (Å²) in [4.78, 5) is 20.9. The first-order chi connectivity index (χ1) is 13.2. The number of benzene rings is 1. The van der Waals surface area contributed by atoms with E-state index in [1.807, 2.05) is 35.9 Å². The lowest BCUT2D eigenvalue weighted by molar-refractivity contribution is -0.116. The number of hydrogen-bond donors (Lipinski definition) is 1. The van der Waals surface area contributed by atoms with Gasteiger partial charge in [-0.05, 0) is 25.1 Å². The van der Waals surface area contributed by atoms with Crippen LogP contribution in [0.15, 0.2) is 34.9 Å². The number of aryl methyl sites for hydroxylation is 2. The Hall–Kier alpha value is -1.94. The van der Waals surface area contributed by atoms with E-state index in [2.05, 4.69) is 15.3 Å². The molecule has 0 saturated carbocycles. The van der Waals surface area contributed by atoms with Gasteiger partial charge in [-0.2, -0.15) is 0 Å². The highest BCUT2D eigenvalue weighted by atomic mass is 32.2.